The molecule has 1 aliphatic rings. The third-order valence-corrected chi connectivity index (χ3v) is 3.23. The van der Waals surface area contributed by atoms with Gasteiger partial charge >= 0.3 is 5.97 Å². The molecule has 1 N–H and O–H groups in total. The van der Waals surface area contributed by atoms with E-state index in [1.165, 1.54) is 13.2 Å². The molecule has 0 saturated heterocycles. The molecule has 0 spiro atoms. The van der Waals surface area contributed by atoms with Crippen LogP contribution in [0.2, 0.25) is 0 Å². The maximum Gasteiger partial charge on any atom is 0.341 e. The number of carbonyl (C=O) groups excluding carboxylic acids is 1. The molecule has 0 amide bonds. The average molecular weight is 258 g/mol. The molecule has 98 valence electrons. The number of methoxy groups -OCH3 is 1. The smallest absolute Gasteiger partial charge is 0.341 e. The van der Waals surface area contributed by atoms with Gasteiger partial charge in [-0.3, -0.25) is 4.79 Å². The Morgan fingerprint density at radius 2 is 1.89 bits per heavy atom. The van der Waals surface area contributed by atoms with Crippen molar-refractivity contribution < 1.29 is 19.4 Å². The van der Waals surface area contributed by atoms with E-state index in [1.807, 2.05) is 0 Å². The summed E-state index contributed by atoms with van der Waals surface area (Å²) in [5.74, 6) is -2.32. The topological polar surface area (TPSA) is 63.6 Å². The molecule has 0 aromatic heterocycles. The van der Waals surface area contributed by atoms with Crippen LogP contribution >= 0.6 is 0 Å². The molecule has 1 aromatic carbocycles. The van der Waals surface area contributed by atoms with Gasteiger partial charge in [0.1, 0.15) is 0 Å². The molecule has 0 aliphatic heterocycles. The van der Waals surface area contributed by atoms with Crippen molar-refractivity contribution in [3.8, 4) is 0 Å². The Balaban J connectivity index is 2.42. The molecule has 0 heterocycles. The number of Topliss-reactive ketones (excluding diaryl/α,β-unsaturated/α-hetero) is 1. The summed E-state index contributed by atoms with van der Waals surface area (Å²) in [6.07, 6.45) is 6.20. The van der Waals surface area contributed by atoms with Gasteiger partial charge in [-0.15, -0.1) is 0 Å². The number of hydrogen-bond donors (Lipinski definition) is 1. The van der Waals surface area contributed by atoms with Crippen molar-refractivity contribution in [3.63, 3.8) is 0 Å². The third-order valence-electron chi connectivity index (χ3n) is 3.23. The van der Waals surface area contributed by atoms with Crippen molar-refractivity contribution in [3.05, 3.63) is 60.2 Å². The Morgan fingerprint density at radius 3 is 2.47 bits per heavy atom. The summed E-state index contributed by atoms with van der Waals surface area (Å²) in [6, 6.07) is 8.61. The first-order valence-electron chi connectivity index (χ1n) is 5.85. The lowest BCUT2D eigenvalue weighted by Gasteiger charge is -2.32. The Labute approximate surface area is 111 Å². The summed E-state index contributed by atoms with van der Waals surface area (Å²) in [7, 11) is 1.29. The molecular formula is C15H14O4. The van der Waals surface area contributed by atoms with E-state index in [4.69, 9.17) is 4.74 Å². The molecule has 0 radical (unpaired) electrons. The van der Waals surface area contributed by atoms with E-state index in [0.29, 0.717) is 5.56 Å². The van der Waals surface area contributed by atoms with Gasteiger partial charge in [-0.2, -0.15) is 0 Å². The van der Waals surface area contributed by atoms with E-state index >= 15 is 0 Å². The second-order valence-electron chi connectivity index (χ2n) is 4.25. The Hall–Kier alpha value is -2.20. The van der Waals surface area contributed by atoms with Crippen LogP contribution in [0.5, 0.6) is 0 Å². The number of carbonyl (C=O) groups is 2. The largest absolute Gasteiger partial charge is 0.479 e. The van der Waals surface area contributed by atoms with Gasteiger partial charge in [-0.05, 0) is 6.08 Å². The first kappa shape index (κ1) is 13.2. The normalized spacial score (nSPS) is 25.2. The van der Waals surface area contributed by atoms with E-state index in [2.05, 4.69) is 0 Å². The van der Waals surface area contributed by atoms with Crippen molar-refractivity contribution >= 4 is 11.8 Å². The van der Waals surface area contributed by atoms with Crippen LogP contribution in [0.1, 0.15) is 10.4 Å². The minimum atomic E-state index is -1.64. The monoisotopic (exact) mass is 258 g/mol. The van der Waals surface area contributed by atoms with Gasteiger partial charge in [0, 0.05) is 12.7 Å². The number of rotatable bonds is 4. The van der Waals surface area contributed by atoms with E-state index < -0.39 is 17.5 Å². The number of aliphatic carboxylic acids is 1. The minimum Gasteiger partial charge on any atom is -0.479 e. The Bertz CT molecular complexity index is 545. The summed E-state index contributed by atoms with van der Waals surface area (Å²) >= 11 is 0. The predicted octanol–water partition coefficient (Wildman–Crippen LogP) is 2.08. The number of carboxylic acid groups (broad SMARTS) is 1. The Morgan fingerprint density at radius 1 is 1.21 bits per heavy atom. The van der Waals surface area contributed by atoms with Crippen LogP contribution in [0.15, 0.2) is 54.6 Å². The van der Waals surface area contributed by atoms with Crippen molar-refractivity contribution in [2.75, 3.05) is 7.11 Å². The van der Waals surface area contributed by atoms with Gasteiger partial charge in [-0.25, -0.2) is 4.79 Å². The van der Waals surface area contributed by atoms with E-state index in [1.54, 1.807) is 48.6 Å². The van der Waals surface area contributed by atoms with Crippen molar-refractivity contribution in [1.29, 1.82) is 0 Å². The zero-order valence-electron chi connectivity index (χ0n) is 10.4. The highest BCUT2D eigenvalue weighted by Crippen LogP contribution is 2.31. The number of carboxylic acids is 1. The molecule has 0 fully saturated rings. The van der Waals surface area contributed by atoms with Crippen LogP contribution in [0.3, 0.4) is 0 Å². The molecule has 2 atom stereocenters. The van der Waals surface area contributed by atoms with E-state index in [0.717, 1.165) is 0 Å². The molecule has 0 saturated carbocycles. The zero-order valence-corrected chi connectivity index (χ0v) is 10.4. The highest BCUT2D eigenvalue weighted by atomic mass is 16.5. The maximum absolute atomic E-state index is 12.5. The fraction of sp³-hybridized carbons (Fsp3) is 0.200. The molecule has 4 nitrogen and oxygen atoms in total. The molecule has 19 heavy (non-hydrogen) atoms. The fourth-order valence-corrected chi connectivity index (χ4v) is 2.17. The van der Waals surface area contributed by atoms with Gasteiger partial charge in [0.05, 0.1) is 5.92 Å². The van der Waals surface area contributed by atoms with Crippen LogP contribution in [-0.4, -0.2) is 29.6 Å². The van der Waals surface area contributed by atoms with Crippen molar-refractivity contribution in [1.82, 2.24) is 0 Å². The van der Waals surface area contributed by atoms with Crippen LogP contribution < -0.4 is 0 Å². The summed E-state index contributed by atoms with van der Waals surface area (Å²) in [5.41, 5.74) is -1.17. The zero-order chi connectivity index (χ0) is 13.9. The molecule has 1 aliphatic carbocycles. The Kier molecular flexibility index (Phi) is 3.62. The highest BCUT2D eigenvalue weighted by Gasteiger charge is 2.47. The summed E-state index contributed by atoms with van der Waals surface area (Å²) in [6.45, 7) is 0. The lowest BCUT2D eigenvalue weighted by Crippen LogP contribution is -2.49. The van der Waals surface area contributed by atoms with Gasteiger partial charge < -0.3 is 9.84 Å². The van der Waals surface area contributed by atoms with Gasteiger partial charge in [0.15, 0.2) is 11.4 Å². The highest BCUT2D eigenvalue weighted by molar-refractivity contribution is 6.03. The number of ether oxygens (including phenoxy) is 1. The summed E-state index contributed by atoms with van der Waals surface area (Å²) < 4.78 is 5.14. The standard InChI is InChI=1S/C15H14O4/c1-19-15(14(17)18)10-6-5-9-12(15)13(16)11-7-3-2-4-8-11/h2-10,12H,1H3,(H,17,18). The molecule has 4 heteroatoms. The van der Waals surface area contributed by atoms with Gasteiger partial charge in [-0.1, -0.05) is 48.6 Å². The van der Waals surface area contributed by atoms with Gasteiger partial charge in [0.25, 0.3) is 0 Å². The molecular weight excluding hydrogens is 244 g/mol. The summed E-state index contributed by atoms with van der Waals surface area (Å²) in [4.78, 5) is 23.9. The molecule has 2 rings (SSSR count). The van der Waals surface area contributed by atoms with Crippen molar-refractivity contribution in [2.45, 2.75) is 5.60 Å². The molecule has 1 aromatic rings. The first-order valence-corrected chi connectivity index (χ1v) is 5.85. The van der Waals surface area contributed by atoms with E-state index in [-0.39, 0.29) is 5.78 Å². The second kappa shape index (κ2) is 5.20. The average Bonchev–Trinajstić information content (AvgIpc) is 2.47. The maximum atomic E-state index is 12.5. The lowest BCUT2D eigenvalue weighted by atomic mass is 9.79. The van der Waals surface area contributed by atoms with Crippen LogP contribution in [0.4, 0.5) is 0 Å². The molecule has 0 bridgehead atoms. The SMILES string of the molecule is COC1(C(=O)O)C=CC=CC1C(=O)c1ccccc1. The minimum absolute atomic E-state index is 0.273. The van der Waals surface area contributed by atoms with Crippen LogP contribution in [0, 0.1) is 5.92 Å². The fourth-order valence-electron chi connectivity index (χ4n) is 2.17. The number of benzene rings is 1. The molecule has 2 unspecified atom stereocenters. The third kappa shape index (κ3) is 2.22. The summed E-state index contributed by atoms with van der Waals surface area (Å²) in [5, 5.41) is 9.39. The first-order chi connectivity index (χ1) is 9.12. The quantitative estimate of drug-likeness (QED) is 0.840. The van der Waals surface area contributed by atoms with E-state index in [9.17, 15) is 14.7 Å². The number of hydrogen-bond acceptors (Lipinski definition) is 3. The van der Waals surface area contributed by atoms with Crippen LogP contribution in [0.25, 0.3) is 0 Å². The van der Waals surface area contributed by atoms with Gasteiger partial charge in [0.2, 0.25) is 0 Å². The number of ketones is 1. The van der Waals surface area contributed by atoms with Crippen molar-refractivity contribution in [2.24, 2.45) is 5.92 Å². The lowest BCUT2D eigenvalue weighted by molar-refractivity contribution is -0.159. The van der Waals surface area contributed by atoms with Crippen LogP contribution in [-0.2, 0) is 9.53 Å². The number of allylic oxidation sites excluding steroid dienone is 2. The predicted molar refractivity (Wildman–Crippen MR) is 69.9 cm³/mol. The second-order valence-corrected chi connectivity index (χ2v) is 4.25.